The zero-order valence-corrected chi connectivity index (χ0v) is 8.37. The molecule has 1 amide bonds. The minimum atomic E-state index is -0.220. The normalized spacial score (nSPS) is 19.0. The molecule has 1 heterocycles. The Morgan fingerprint density at radius 2 is 1.79 bits per heavy atom. The summed E-state index contributed by atoms with van der Waals surface area (Å²) >= 11 is 0. The molecule has 0 saturated carbocycles. The summed E-state index contributed by atoms with van der Waals surface area (Å²) in [5.74, 6) is 0.0150. The zero-order valence-electron chi connectivity index (χ0n) is 8.37. The fourth-order valence-electron chi connectivity index (χ4n) is 1.65. The number of rotatable bonds is 1. The highest BCUT2D eigenvalue weighted by Gasteiger charge is 2.29. The molecule has 1 aromatic carbocycles. The van der Waals surface area contributed by atoms with Crippen molar-refractivity contribution in [1.82, 2.24) is 5.32 Å². The van der Waals surface area contributed by atoms with E-state index in [1.165, 1.54) is 0 Å². The molecule has 72 valence electrons. The summed E-state index contributed by atoms with van der Waals surface area (Å²) in [5.41, 5.74) is 1.54. The van der Waals surface area contributed by atoms with Crippen LogP contribution in [0.4, 0.5) is 0 Å². The molecule has 0 aromatic heterocycles. The van der Waals surface area contributed by atoms with E-state index in [0.717, 1.165) is 11.1 Å². The van der Waals surface area contributed by atoms with Crippen molar-refractivity contribution in [2.75, 3.05) is 0 Å². The van der Waals surface area contributed by atoms with Crippen molar-refractivity contribution in [1.29, 1.82) is 0 Å². The van der Waals surface area contributed by atoms with Crippen LogP contribution >= 0.6 is 0 Å². The lowest BCUT2D eigenvalue weighted by Crippen LogP contribution is -2.35. The van der Waals surface area contributed by atoms with E-state index in [-0.39, 0.29) is 11.4 Å². The standard InChI is InChI=1S/C12H13NO/c1-12(2)8-10(11(14)13-12)9-6-4-3-5-7-9/h3-8H,1-2H3,(H,13,14). The summed E-state index contributed by atoms with van der Waals surface area (Å²) in [7, 11) is 0. The highest BCUT2D eigenvalue weighted by Crippen LogP contribution is 2.24. The van der Waals surface area contributed by atoms with Crippen molar-refractivity contribution in [3.05, 3.63) is 42.0 Å². The van der Waals surface area contributed by atoms with Gasteiger partial charge < -0.3 is 5.32 Å². The smallest absolute Gasteiger partial charge is 0.252 e. The summed E-state index contributed by atoms with van der Waals surface area (Å²) in [6.45, 7) is 3.97. The van der Waals surface area contributed by atoms with Gasteiger partial charge in [-0.2, -0.15) is 0 Å². The third-order valence-electron chi connectivity index (χ3n) is 2.27. The largest absolute Gasteiger partial charge is 0.344 e. The van der Waals surface area contributed by atoms with Crippen LogP contribution in [0.15, 0.2) is 36.4 Å². The van der Waals surface area contributed by atoms with E-state index in [9.17, 15) is 4.79 Å². The van der Waals surface area contributed by atoms with Gasteiger partial charge in [0.15, 0.2) is 0 Å². The van der Waals surface area contributed by atoms with Crippen molar-refractivity contribution in [2.45, 2.75) is 19.4 Å². The van der Waals surface area contributed by atoms with Crippen molar-refractivity contribution in [2.24, 2.45) is 0 Å². The monoisotopic (exact) mass is 187 g/mol. The molecule has 1 aliphatic heterocycles. The number of benzene rings is 1. The highest BCUT2D eigenvalue weighted by molar-refractivity contribution is 6.22. The van der Waals surface area contributed by atoms with Crippen molar-refractivity contribution < 1.29 is 4.79 Å². The lowest BCUT2D eigenvalue weighted by Gasteiger charge is -2.13. The van der Waals surface area contributed by atoms with Gasteiger partial charge in [-0.3, -0.25) is 4.79 Å². The summed E-state index contributed by atoms with van der Waals surface area (Å²) in [5, 5.41) is 2.91. The van der Waals surface area contributed by atoms with E-state index < -0.39 is 0 Å². The second-order valence-corrected chi connectivity index (χ2v) is 4.10. The van der Waals surface area contributed by atoms with Crippen LogP contribution in [0.25, 0.3) is 5.57 Å². The number of carbonyl (C=O) groups excluding carboxylic acids is 1. The maximum atomic E-state index is 11.6. The highest BCUT2D eigenvalue weighted by atomic mass is 16.2. The Bertz CT molecular complexity index is 390. The first-order valence-corrected chi connectivity index (χ1v) is 4.69. The fourth-order valence-corrected chi connectivity index (χ4v) is 1.65. The first-order chi connectivity index (χ1) is 6.58. The molecular formula is C12H13NO. The molecule has 2 rings (SSSR count). The van der Waals surface area contributed by atoms with Gasteiger partial charge in [-0.15, -0.1) is 0 Å². The van der Waals surface area contributed by atoms with Gasteiger partial charge in [0.25, 0.3) is 5.91 Å². The molecule has 1 aromatic rings. The number of nitrogens with one attached hydrogen (secondary N) is 1. The Labute approximate surface area is 83.6 Å². The number of hydrogen-bond acceptors (Lipinski definition) is 1. The van der Waals surface area contributed by atoms with Crippen molar-refractivity contribution >= 4 is 11.5 Å². The third kappa shape index (κ3) is 1.55. The van der Waals surface area contributed by atoms with Gasteiger partial charge in [0, 0.05) is 5.57 Å². The molecule has 14 heavy (non-hydrogen) atoms. The molecule has 2 nitrogen and oxygen atoms in total. The second-order valence-electron chi connectivity index (χ2n) is 4.10. The van der Waals surface area contributed by atoms with Gasteiger partial charge in [0.1, 0.15) is 0 Å². The average Bonchev–Trinajstić information content (AvgIpc) is 2.41. The first-order valence-electron chi connectivity index (χ1n) is 4.69. The van der Waals surface area contributed by atoms with Crippen LogP contribution in [0.1, 0.15) is 19.4 Å². The van der Waals surface area contributed by atoms with Gasteiger partial charge in [-0.25, -0.2) is 0 Å². The maximum Gasteiger partial charge on any atom is 0.252 e. The van der Waals surface area contributed by atoms with Crippen LogP contribution in [-0.4, -0.2) is 11.4 Å². The van der Waals surface area contributed by atoms with E-state index in [2.05, 4.69) is 5.32 Å². The number of amides is 1. The second kappa shape index (κ2) is 2.98. The van der Waals surface area contributed by atoms with E-state index in [0.29, 0.717) is 0 Å². The number of carbonyl (C=O) groups is 1. The molecule has 2 heteroatoms. The van der Waals surface area contributed by atoms with Gasteiger partial charge in [0.05, 0.1) is 5.54 Å². The van der Waals surface area contributed by atoms with E-state index in [1.807, 2.05) is 50.3 Å². The predicted octanol–water partition coefficient (Wildman–Crippen LogP) is 1.98. The van der Waals surface area contributed by atoms with Gasteiger partial charge >= 0.3 is 0 Å². The molecule has 0 fully saturated rings. The SMILES string of the molecule is CC1(C)C=C(c2ccccc2)C(=O)N1. The maximum absolute atomic E-state index is 11.6. The fraction of sp³-hybridized carbons (Fsp3) is 0.250. The van der Waals surface area contributed by atoms with E-state index in [4.69, 9.17) is 0 Å². The molecule has 1 aliphatic rings. The lowest BCUT2D eigenvalue weighted by atomic mass is 10.0. The van der Waals surface area contributed by atoms with Gasteiger partial charge in [-0.05, 0) is 25.5 Å². The zero-order chi connectivity index (χ0) is 10.2. The Balaban J connectivity index is 2.42. The average molecular weight is 187 g/mol. The lowest BCUT2D eigenvalue weighted by molar-refractivity contribution is -0.115. The molecule has 0 radical (unpaired) electrons. The molecule has 0 unspecified atom stereocenters. The molecule has 0 saturated heterocycles. The molecule has 1 N–H and O–H groups in total. The molecular weight excluding hydrogens is 174 g/mol. The van der Waals surface area contributed by atoms with Crippen LogP contribution < -0.4 is 5.32 Å². The molecule has 0 spiro atoms. The third-order valence-corrected chi connectivity index (χ3v) is 2.27. The number of hydrogen-bond donors (Lipinski definition) is 1. The topological polar surface area (TPSA) is 29.1 Å². The Kier molecular flexibility index (Phi) is 1.92. The Hall–Kier alpha value is -1.57. The first kappa shape index (κ1) is 9.00. The van der Waals surface area contributed by atoms with Crippen LogP contribution in [-0.2, 0) is 4.79 Å². The van der Waals surface area contributed by atoms with Crippen molar-refractivity contribution in [3.63, 3.8) is 0 Å². The van der Waals surface area contributed by atoms with E-state index >= 15 is 0 Å². The molecule has 0 aliphatic carbocycles. The van der Waals surface area contributed by atoms with E-state index in [1.54, 1.807) is 0 Å². The summed E-state index contributed by atoms with van der Waals surface area (Å²) in [4.78, 5) is 11.6. The van der Waals surface area contributed by atoms with Gasteiger partial charge in [-0.1, -0.05) is 30.3 Å². The van der Waals surface area contributed by atoms with Crippen LogP contribution in [0.2, 0.25) is 0 Å². The Morgan fingerprint density at radius 3 is 2.29 bits per heavy atom. The predicted molar refractivity (Wildman–Crippen MR) is 56.6 cm³/mol. The minimum Gasteiger partial charge on any atom is -0.344 e. The molecule has 0 bridgehead atoms. The van der Waals surface area contributed by atoms with Crippen LogP contribution in [0.3, 0.4) is 0 Å². The summed E-state index contributed by atoms with van der Waals surface area (Å²) in [6.07, 6.45) is 1.98. The molecule has 0 atom stereocenters. The summed E-state index contributed by atoms with van der Waals surface area (Å²) in [6, 6.07) is 9.73. The van der Waals surface area contributed by atoms with Crippen LogP contribution in [0.5, 0.6) is 0 Å². The minimum absolute atomic E-state index is 0.0150. The van der Waals surface area contributed by atoms with Crippen LogP contribution in [0, 0.1) is 0 Å². The van der Waals surface area contributed by atoms with Gasteiger partial charge in [0.2, 0.25) is 0 Å². The Morgan fingerprint density at radius 1 is 1.14 bits per heavy atom. The van der Waals surface area contributed by atoms with Crippen molar-refractivity contribution in [3.8, 4) is 0 Å². The quantitative estimate of drug-likeness (QED) is 0.715. The summed E-state index contributed by atoms with van der Waals surface area (Å²) < 4.78 is 0.